The van der Waals surface area contributed by atoms with Gasteiger partial charge in [0.1, 0.15) is 13.2 Å². The van der Waals surface area contributed by atoms with Crippen LogP contribution in [0, 0.1) is 5.41 Å². The molecule has 8 heteroatoms. The molecule has 0 saturated heterocycles. The summed E-state index contributed by atoms with van der Waals surface area (Å²) in [6.07, 6.45) is -1.48. The van der Waals surface area contributed by atoms with Crippen molar-refractivity contribution in [2.45, 2.75) is 13.0 Å². The van der Waals surface area contributed by atoms with Crippen LogP contribution in [-0.2, 0) is 30.3 Å². The Hall–Kier alpha value is -2.32. The minimum absolute atomic E-state index is 0.193. The third kappa shape index (κ3) is 7.86. The number of benzene rings is 1. The maximum Gasteiger partial charge on any atom is 0.508 e. The first-order chi connectivity index (χ1) is 12.0. The number of ether oxygens (including phenoxy) is 5. The smallest absolute Gasteiger partial charge is 0.438 e. The SMILES string of the molecule is COC(=O)OCC(CO)(CCOCc1ccccc1)COC(=O)OC. The average Bonchev–Trinajstić information content (AvgIpc) is 2.67. The van der Waals surface area contributed by atoms with Crippen molar-refractivity contribution < 1.29 is 38.4 Å². The Kier molecular flexibility index (Phi) is 9.34. The van der Waals surface area contributed by atoms with Crippen molar-refractivity contribution in [3.05, 3.63) is 35.9 Å². The lowest BCUT2D eigenvalue weighted by Crippen LogP contribution is -2.39. The van der Waals surface area contributed by atoms with Gasteiger partial charge in [0.05, 0.1) is 32.8 Å². The first-order valence-corrected chi connectivity index (χ1v) is 7.69. The zero-order valence-electron chi connectivity index (χ0n) is 14.4. The molecule has 0 aliphatic rings. The molecule has 0 aromatic heterocycles. The third-order valence-electron chi connectivity index (χ3n) is 3.55. The summed E-state index contributed by atoms with van der Waals surface area (Å²) in [6.45, 7) is -0.0952. The molecule has 0 unspecified atom stereocenters. The van der Waals surface area contributed by atoms with Gasteiger partial charge in [-0.05, 0) is 12.0 Å². The van der Waals surface area contributed by atoms with Crippen LogP contribution in [0.15, 0.2) is 30.3 Å². The van der Waals surface area contributed by atoms with Crippen LogP contribution in [0.4, 0.5) is 9.59 Å². The molecule has 0 aliphatic carbocycles. The van der Waals surface area contributed by atoms with Crippen LogP contribution in [-0.4, -0.2) is 58.1 Å². The van der Waals surface area contributed by atoms with E-state index in [0.717, 1.165) is 5.56 Å². The van der Waals surface area contributed by atoms with Gasteiger partial charge in [0.2, 0.25) is 0 Å². The van der Waals surface area contributed by atoms with Crippen molar-refractivity contribution in [1.82, 2.24) is 0 Å². The number of carbonyl (C=O) groups excluding carboxylic acids is 2. The largest absolute Gasteiger partial charge is 0.508 e. The Bertz CT molecular complexity index is 497. The first-order valence-electron chi connectivity index (χ1n) is 7.69. The summed E-state index contributed by atoms with van der Waals surface area (Å²) in [5.41, 5.74) is -0.00674. The number of aliphatic hydroxyl groups is 1. The highest BCUT2D eigenvalue weighted by atomic mass is 16.7. The number of hydrogen-bond donors (Lipinski definition) is 1. The molecule has 1 N–H and O–H groups in total. The van der Waals surface area contributed by atoms with Gasteiger partial charge in [-0.1, -0.05) is 30.3 Å². The normalized spacial score (nSPS) is 10.8. The molecule has 0 radical (unpaired) electrons. The van der Waals surface area contributed by atoms with E-state index in [-0.39, 0.29) is 26.4 Å². The molecule has 0 aliphatic heterocycles. The Morgan fingerprint density at radius 3 is 2.04 bits per heavy atom. The summed E-state index contributed by atoms with van der Waals surface area (Å²) in [6, 6.07) is 9.59. The zero-order valence-corrected chi connectivity index (χ0v) is 14.4. The van der Waals surface area contributed by atoms with E-state index < -0.39 is 17.7 Å². The molecule has 0 spiro atoms. The lowest BCUT2D eigenvalue weighted by Gasteiger charge is -2.30. The van der Waals surface area contributed by atoms with Crippen molar-refractivity contribution in [1.29, 1.82) is 0 Å². The van der Waals surface area contributed by atoms with E-state index >= 15 is 0 Å². The quantitative estimate of drug-likeness (QED) is 0.503. The van der Waals surface area contributed by atoms with Gasteiger partial charge in [-0.25, -0.2) is 9.59 Å². The van der Waals surface area contributed by atoms with Crippen molar-refractivity contribution in [2.24, 2.45) is 5.41 Å². The number of hydrogen-bond acceptors (Lipinski definition) is 8. The highest BCUT2D eigenvalue weighted by Gasteiger charge is 2.33. The Morgan fingerprint density at radius 1 is 1.00 bits per heavy atom. The zero-order chi connectivity index (χ0) is 18.5. The lowest BCUT2D eigenvalue weighted by molar-refractivity contribution is -0.0525. The molecule has 25 heavy (non-hydrogen) atoms. The standard InChI is InChI=1S/C17H24O8/c1-21-15(19)24-12-17(11-18,13-25-16(20)22-2)8-9-23-10-14-6-4-3-5-7-14/h3-7,18H,8-13H2,1-2H3. The highest BCUT2D eigenvalue weighted by Crippen LogP contribution is 2.24. The predicted molar refractivity (Wildman–Crippen MR) is 86.9 cm³/mol. The van der Waals surface area contributed by atoms with E-state index in [1.165, 1.54) is 14.2 Å². The molecule has 0 amide bonds. The van der Waals surface area contributed by atoms with Crippen LogP contribution in [0.5, 0.6) is 0 Å². The van der Waals surface area contributed by atoms with Crippen molar-refractivity contribution in [3.63, 3.8) is 0 Å². The second kappa shape index (κ2) is 11.3. The van der Waals surface area contributed by atoms with Crippen molar-refractivity contribution >= 4 is 12.3 Å². The van der Waals surface area contributed by atoms with Crippen LogP contribution < -0.4 is 0 Å². The summed E-state index contributed by atoms with van der Waals surface area (Å²) < 4.78 is 24.3. The maximum absolute atomic E-state index is 11.2. The summed E-state index contributed by atoms with van der Waals surface area (Å²) in [4.78, 5) is 22.4. The van der Waals surface area contributed by atoms with E-state index in [0.29, 0.717) is 13.0 Å². The molecule has 0 heterocycles. The fraction of sp³-hybridized carbons (Fsp3) is 0.529. The number of carbonyl (C=O) groups is 2. The van der Waals surface area contributed by atoms with Crippen LogP contribution in [0.2, 0.25) is 0 Å². The highest BCUT2D eigenvalue weighted by molar-refractivity contribution is 5.60. The van der Waals surface area contributed by atoms with Gasteiger partial charge in [0.25, 0.3) is 0 Å². The van der Waals surface area contributed by atoms with Crippen molar-refractivity contribution in [3.8, 4) is 0 Å². The third-order valence-corrected chi connectivity index (χ3v) is 3.55. The molecular weight excluding hydrogens is 332 g/mol. The van der Waals surface area contributed by atoms with E-state index in [1.807, 2.05) is 30.3 Å². The molecular formula is C17H24O8. The molecule has 1 aromatic rings. The van der Waals surface area contributed by atoms with Crippen molar-refractivity contribution in [2.75, 3.05) is 40.6 Å². The van der Waals surface area contributed by atoms with Crippen LogP contribution in [0.25, 0.3) is 0 Å². The van der Waals surface area contributed by atoms with Crippen LogP contribution >= 0.6 is 0 Å². The second-order valence-electron chi connectivity index (χ2n) is 5.43. The lowest BCUT2D eigenvalue weighted by atomic mass is 9.87. The van der Waals surface area contributed by atoms with Gasteiger partial charge >= 0.3 is 12.3 Å². The Balaban J connectivity index is 2.57. The van der Waals surface area contributed by atoms with E-state index in [4.69, 9.17) is 14.2 Å². The number of rotatable bonds is 10. The maximum atomic E-state index is 11.2. The molecule has 1 rings (SSSR count). The van der Waals surface area contributed by atoms with Gasteiger partial charge in [0.15, 0.2) is 0 Å². The molecule has 0 fully saturated rings. The molecule has 140 valence electrons. The molecule has 0 saturated carbocycles. The van der Waals surface area contributed by atoms with Crippen LogP contribution in [0.3, 0.4) is 0 Å². The Labute approximate surface area is 146 Å². The predicted octanol–water partition coefficient (Wildman–Crippen LogP) is 2.14. The van der Waals surface area contributed by atoms with Gasteiger partial charge < -0.3 is 28.8 Å². The Morgan fingerprint density at radius 2 is 1.56 bits per heavy atom. The molecule has 0 atom stereocenters. The fourth-order valence-electron chi connectivity index (χ4n) is 1.95. The minimum Gasteiger partial charge on any atom is -0.438 e. The molecule has 8 nitrogen and oxygen atoms in total. The van der Waals surface area contributed by atoms with Gasteiger partial charge in [-0.2, -0.15) is 0 Å². The second-order valence-corrected chi connectivity index (χ2v) is 5.43. The average molecular weight is 356 g/mol. The minimum atomic E-state index is -1.01. The summed E-state index contributed by atoms with van der Waals surface area (Å²) in [7, 11) is 2.35. The summed E-state index contributed by atoms with van der Waals surface area (Å²) in [5, 5.41) is 9.74. The molecule has 1 aromatic carbocycles. The van der Waals surface area contributed by atoms with Crippen LogP contribution in [0.1, 0.15) is 12.0 Å². The fourth-order valence-corrected chi connectivity index (χ4v) is 1.95. The topological polar surface area (TPSA) is 101 Å². The van der Waals surface area contributed by atoms with E-state index in [2.05, 4.69) is 9.47 Å². The van der Waals surface area contributed by atoms with Gasteiger partial charge in [-0.3, -0.25) is 0 Å². The van der Waals surface area contributed by atoms with Gasteiger partial charge in [-0.15, -0.1) is 0 Å². The summed E-state index contributed by atoms with van der Waals surface area (Å²) >= 11 is 0. The summed E-state index contributed by atoms with van der Waals surface area (Å²) in [5.74, 6) is 0. The first kappa shape index (κ1) is 20.7. The van der Waals surface area contributed by atoms with E-state index in [1.54, 1.807) is 0 Å². The van der Waals surface area contributed by atoms with Gasteiger partial charge in [0, 0.05) is 6.61 Å². The number of methoxy groups -OCH3 is 2. The molecule has 0 bridgehead atoms. The van der Waals surface area contributed by atoms with E-state index in [9.17, 15) is 14.7 Å². The number of aliphatic hydroxyl groups excluding tert-OH is 1. The monoisotopic (exact) mass is 356 g/mol.